The molecule has 1 fully saturated rings. The molecule has 3 heteroatoms. The first kappa shape index (κ1) is 10.4. The van der Waals surface area contributed by atoms with Gasteiger partial charge >= 0.3 is 0 Å². The predicted octanol–water partition coefficient (Wildman–Crippen LogP) is 2.40. The van der Waals surface area contributed by atoms with E-state index in [1.165, 1.54) is 0 Å². The first-order valence-electron chi connectivity index (χ1n) is 5.86. The van der Waals surface area contributed by atoms with E-state index in [2.05, 4.69) is 22.1 Å². The third-order valence-electron chi connectivity index (χ3n) is 3.31. The maximum atomic E-state index is 6.10. The summed E-state index contributed by atoms with van der Waals surface area (Å²) in [6.07, 6.45) is 5.85. The summed E-state index contributed by atoms with van der Waals surface area (Å²) >= 11 is 0. The summed E-state index contributed by atoms with van der Waals surface area (Å²) in [6.45, 7) is 1.98. The second-order valence-electron chi connectivity index (χ2n) is 4.78. The number of rotatable bonds is 2. The third kappa shape index (κ3) is 1.94. The van der Waals surface area contributed by atoms with E-state index in [-0.39, 0.29) is 5.54 Å². The van der Waals surface area contributed by atoms with Gasteiger partial charge in [0.15, 0.2) is 0 Å². The molecule has 0 aromatic carbocycles. The van der Waals surface area contributed by atoms with Crippen molar-refractivity contribution in [2.75, 3.05) is 0 Å². The zero-order valence-electron chi connectivity index (χ0n) is 9.85. The van der Waals surface area contributed by atoms with Crippen LogP contribution in [0.5, 0.6) is 0 Å². The van der Waals surface area contributed by atoms with Crippen molar-refractivity contribution in [1.82, 2.24) is 9.97 Å². The molecule has 0 spiro atoms. The van der Waals surface area contributed by atoms with Gasteiger partial charge in [-0.1, -0.05) is 12.1 Å². The van der Waals surface area contributed by atoms with Crippen molar-refractivity contribution in [3.05, 3.63) is 48.0 Å². The Bertz CT molecular complexity index is 524. The first-order valence-corrected chi connectivity index (χ1v) is 5.86. The van der Waals surface area contributed by atoms with Gasteiger partial charge in [-0.15, -0.1) is 0 Å². The van der Waals surface area contributed by atoms with Gasteiger partial charge in [-0.25, -0.2) is 0 Å². The molecule has 86 valence electrons. The zero-order valence-corrected chi connectivity index (χ0v) is 9.85. The molecule has 0 unspecified atom stereocenters. The molecule has 3 nitrogen and oxygen atoms in total. The Morgan fingerprint density at radius 2 is 1.65 bits per heavy atom. The summed E-state index contributed by atoms with van der Waals surface area (Å²) in [5.74, 6) is 0. The van der Waals surface area contributed by atoms with Crippen molar-refractivity contribution < 1.29 is 0 Å². The Balaban J connectivity index is 1.91. The number of aryl methyl sites for hydroxylation is 1. The van der Waals surface area contributed by atoms with Gasteiger partial charge in [-0.3, -0.25) is 9.97 Å². The SMILES string of the molecule is Cc1ccc(-c2ccc(C3(N)CC3)nc2)cn1. The Hall–Kier alpha value is -1.74. The van der Waals surface area contributed by atoms with Crippen LogP contribution in [0.1, 0.15) is 24.2 Å². The molecule has 0 radical (unpaired) electrons. The van der Waals surface area contributed by atoms with Crippen molar-refractivity contribution >= 4 is 0 Å². The van der Waals surface area contributed by atoms with Crippen LogP contribution in [0.2, 0.25) is 0 Å². The number of hydrogen-bond donors (Lipinski definition) is 1. The number of nitrogens with zero attached hydrogens (tertiary/aromatic N) is 2. The highest BCUT2D eigenvalue weighted by Crippen LogP contribution is 2.41. The van der Waals surface area contributed by atoms with Crippen LogP contribution in [0.3, 0.4) is 0 Å². The zero-order chi connectivity index (χ0) is 11.9. The molecule has 2 aromatic rings. The van der Waals surface area contributed by atoms with Crippen LogP contribution in [0, 0.1) is 6.92 Å². The Labute approximate surface area is 101 Å². The smallest absolute Gasteiger partial charge is 0.0602 e. The van der Waals surface area contributed by atoms with E-state index in [9.17, 15) is 0 Å². The Morgan fingerprint density at radius 3 is 2.12 bits per heavy atom. The van der Waals surface area contributed by atoms with E-state index >= 15 is 0 Å². The molecule has 0 atom stereocenters. The molecule has 1 aliphatic carbocycles. The van der Waals surface area contributed by atoms with Crippen LogP contribution in [0.4, 0.5) is 0 Å². The highest BCUT2D eigenvalue weighted by molar-refractivity contribution is 5.61. The molecule has 0 saturated heterocycles. The van der Waals surface area contributed by atoms with E-state index in [0.717, 1.165) is 35.4 Å². The maximum absolute atomic E-state index is 6.10. The lowest BCUT2D eigenvalue weighted by Gasteiger charge is -2.08. The number of hydrogen-bond acceptors (Lipinski definition) is 3. The standard InChI is InChI=1S/C14H15N3/c1-10-2-3-11(8-16-10)12-4-5-13(17-9-12)14(15)6-7-14/h2-5,8-9H,6-7,15H2,1H3. The number of pyridine rings is 2. The third-order valence-corrected chi connectivity index (χ3v) is 3.31. The highest BCUT2D eigenvalue weighted by atomic mass is 14.9. The van der Waals surface area contributed by atoms with Crippen LogP contribution in [0.25, 0.3) is 11.1 Å². The van der Waals surface area contributed by atoms with Crippen LogP contribution >= 0.6 is 0 Å². The molecule has 2 aromatic heterocycles. The van der Waals surface area contributed by atoms with Gasteiger partial charge in [0.2, 0.25) is 0 Å². The van der Waals surface area contributed by atoms with E-state index in [1.54, 1.807) is 0 Å². The second kappa shape index (κ2) is 3.64. The van der Waals surface area contributed by atoms with Gasteiger partial charge in [-0.2, -0.15) is 0 Å². The summed E-state index contributed by atoms with van der Waals surface area (Å²) in [7, 11) is 0. The predicted molar refractivity (Wildman–Crippen MR) is 67.3 cm³/mol. The van der Waals surface area contributed by atoms with Crippen molar-refractivity contribution in [1.29, 1.82) is 0 Å². The molecule has 2 heterocycles. The van der Waals surface area contributed by atoms with Gasteiger partial charge in [-0.05, 0) is 31.9 Å². The largest absolute Gasteiger partial charge is 0.320 e. The molecular weight excluding hydrogens is 210 g/mol. The second-order valence-corrected chi connectivity index (χ2v) is 4.78. The molecular formula is C14H15N3. The van der Waals surface area contributed by atoms with Gasteiger partial charge in [0, 0.05) is 29.2 Å². The molecule has 3 rings (SSSR count). The molecule has 0 bridgehead atoms. The Kier molecular flexibility index (Phi) is 2.23. The van der Waals surface area contributed by atoms with E-state index in [0.29, 0.717) is 0 Å². The van der Waals surface area contributed by atoms with E-state index in [4.69, 9.17) is 5.73 Å². The molecule has 17 heavy (non-hydrogen) atoms. The molecule has 1 saturated carbocycles. The summed E-state index contributed by atoms with van der Waals surface area (Å²) in [6, 6.07) is 8.17. The summed E-state index contributed by atoms with van der Waals surface area (Å²) in [5.41, 5.74) is 10.2. The minimum Gasteiger partial charge on any atom is -0.320 e. The molecule has 0 amide bonds. The fourth-order valence-corrected chi connectivity index (χ4v) is 1.89. The van der Waals surface area contributed by atoms with Crippen LogP contribution in [-0.4, -0.2) is 9.97 Å². The summed E-state index contributed by atoms with van der Waals surface area (Å²) in [4.78, 5) is 8.75. The minimum atomic E-state index is -0.149. The fraction of sp³-hybridized carbons (Fsp3) is 0.286. The van der Waals surface area contributed by atoms with Crippen LogP contribution in [-0.2, 0) is 5.54 Å². The van der Waals surface area contributed by atoms with Crippen molar-refractivity contribution in [3.63, 3.8) is 0 Å². The van der Waals surface area contributed by atoms with E-state index < -0.39 is 0 Å². The van der Waals surface area contributed by atoms with Crippen molar-refractivity contribution in [3.8, 4) is 11.1 Å². The lowest BCUT2D eigenvalue weighted by Crippen LogP contribution is -2.19. The molecule has 2 N–H and O–H groups in total. The monoisotopic (exact) mass is 225 g/mol. The molecule has 0 aliphatic heterocycles. The highest BCUT2D eigenvalue weighted by Gasteiger charge is 2.41. The minimum absolute atomic E-state index is 0.149. The topological polar surface area (TPSA) is 51.8 Å². The van der Waals surface area contributed by atoms with Crippen molar-refractivity contribution in [2.45, 2.75) is 25.3 Å². The average molecular weight is 225 g/mol. The summed E-state index contributed by atoms with van der Waals surface area (Å²) in [5, 5.41) is 0. The average Bonchev–Trinajstić information content (AvgIpc) is 3.10. The quantitative estimate of drug-likeness (QED) is 0.853. The lowest BCUT2D eigenvalue weighted by molar-refractivity contribution is 0.708. The maximum Gasteiger partial charge on any atom is 0.0602 e. The van der Waals surface area contributed by atoms with Gasteiger partial charge in [0.05, 0.1) is 11.2 Å². The van der Waals surface area contributed by atoms with Gasteiger partial charge < -0.3 is 5.73 Å². The number of nitrogens with two attached hydrogens (primary N) is 1. The number of aromatic nitrogens is 2. The lowest BCUT2D eigenvalue weighted by atomic mass is 10.1. The molecule has 1 aliphatic rings. The van der Waals surface area contributed by atoms with Crippen molar-refractivity contribution in [2.24, 2.45) is 5.73 Å². The Morgan fingerprint density at radius 1 is 1.00 bits per heavy atom. The summed E-state index contributed by atoms with van der Waals surface area (Å²) < 4.78 is 0. The van der Waals surface area contributed by atoms with Crippen LogP contribution in [0.15, 0.2) is 36.7 Å². The normalized spacial score (nSPS) is 16.8. The fourth-order valence-electron chi connectivity index (χ4n) is 1.89. The van der Waals surface area contributed by atoms with E-state index in [1.807, 2.05) is 31.5 Å². The van der Waals surface area contributed by atoms with Crippen LogP contribution < -0.4 is 5.73 Å². The van der Waals surface area contributed by atoms with Gasteiger partial charge in [0.1, 0.15) is 0 Å². The van der Waals surface area contributed by atoms with Gasteiger partial charge in [0.25, 0.3) is 0 Å². The first-order chi connectivity index (χ1) is 8.17.